The molecule has 0 radical (unpaired) electrons. The predicted octanol–water partition coefficient (Wildman–Crippen LogP) is 6.19. The second kappa shape index (κ2) is 29.5. The van der Waals surface area contributed by atoms with Gasteiger partial charge in [-0.25, -0.2) is 23.5 Å². The fourth-order valence-corrected chi connectivity index (χ4v) is 8.35. The first kappa shape index (κ1) is 64.7. The van der Waals surface area contributed by atoms with Gasteiger partial charge in [0.1, 0.15) is 54.2 Å². The molecule has 0 fully saturated rings. The van der Waals surface area contributed by atoms with Crippen molar-refractivity contribution < 1.29 is 45.8 Å². The Hall–Kier alpha value is -11.8. The monoisotopic (exact) mass is 1300 g/mol. The topological polar surface area (TPSA) is 372 Å². The molecule has 0 spiro atoms. The van der Waals surface area contributed by atoms with Gasteiger partial charge in [-0.15, -0.1) is 0 Å². The first-order chi connectivity index (χ1) is 44.4. The van der Waals surface area contributed by atoms with Crippen LogP contribution in [0.15, 0.2) is 169 Å². The molecule has 0 saturated heterocycles. The molecule has 0 amide bonds. The summed E-state index contributed by atoms with van der Waals surface area (Å²) >= 11 is 11.5. The molecule has 12 rings (SSSR count). The summed E-state index contributed by atoms with van der Waals surface area (Å²) in [5.41, 5.74) is -0.197. The number of hydrogen-bond donors (Lipinski definition) is 2. The van der Waals surface area contributed by atoms with E-state index in [0.717, 1.165) is 26.6 Å². The molecule has 0 saturated carbocycles. The minimum absolute atomic E-state index is 0.0101. The number of H-pyrrole nitrogens is 2. The molecule has 8 aromatic heterocycles. The number of halogens is 4. The molecule has 12 aromatic rings. The van der Waals surface area contributed by atoms with Gasteiger partial charge >= 0.3 is 11.4 Å². The number of benzene rings is 4. The highest BCUT2D eigenvalue weighted by Gasteiger charge is 2.20. The largest absolute Gasteiger partial charge is 0.497 e. The third-order valence-electron chi connectivity index (χ3n) is 12.9. The van der Waals surface area contributed by atoms with Crippen molar-refractivity contribution in [2.75, 3.05) is 28.4 Å². The summed E-state index contributed by atoms with van der Waals surface area (Å²) in [6.07, 6.45) is 4.42. The number of hydrogen-bond acceptors (Lipinski definition) is 24. The minimum Gasteiger partial charge on any atom is -0.497 e. The van der Waals surface area contributed by atoms with Crippen LogP contribution in [0.25, 0.3) is 45.6 Å². The van der Waals surface area contributed by atoms with Gasteiger partial charge in [-0.1, -0.05) is 92.4 Å². The summed E-state index contributed by atoms with van der Waals surface area (Å²) in [7, 11) is 6.17. The van der Waals surface area contributed by atoms with Crippen molar-refractivity contribution in [2.45, 2.75) is 40.0 Å². The van der Waals surface area contributed by atoms with E-state index in [4.69, 9.17) is 60.2 Å². The zero-order valence-electron chi connectivity index (χ0n) is 48.9. The second-order valence-electron chi connectivity index (χ2n) is 18.8. The van der Waals surface area contributed by atoms with Gasteiger partial charge in [-0.3, -0.25) is 28.7 Å². The van der Waals surface area contributed by atoms with Gasteiger partial charge in [0.2, 0.25) is 58.5 Å². The molecule has 92 heavy (non-hydrogen) atoms. The third kappa shape index (κ3) is 15.4. The third-order valence-corrected chi connectivity index (χ3v) is 13.6. The Bertz CT molecular complexity index is 4950. The van der Waals surface area contributed by atoms with Gasteiger partial charge in [0.15, 0.2) is 0 Å². The molecule has 0 atom stereocenters. The van der Waals surface area contributed by atoms with Crippen molar-refractivity contribution in [3.8, 4) is 68.5 Å². The van der Waals surface area contributed by atoms with E-state index in [2.05, 4.69) is 55.7 Å². The van der Waals surface area contributed by atoms with Crippen molar-refractivity contribution >= 4 is 23.2 Å². The Morgan fingerprint density at radius 1 is 0.522 bits per heavy atom. The molecule has 2 N–H and O–H groups in total. The van der Waals surface area contributed by atoms with Crippen molar-refractivity contribution in [2.24, 2.45) is 0 Å². The summed E-state index contributed by atoms with van der Waals surface area (Å²) < 4.78 is 71.7. The van der Waals surface area contributed by atoms with Crippen molar-refractivity contribution in [3.63, 3.8) is 0 Å². The standard InChI is InChI=1S/C16H16N4O3.C14H10Cl2N4O3.2C14H11FN4O4/c1-10-8-17-20(16(21)11(10)2)9-14-18-15(19-23-14)12-5-4-6-13(7-12)22-3;1-22-10-5-3-2-4-8(10)13-18-11(23-19-13)7-20-14(21)12(16)9(15)6-17-20;1-22-10-5-3-2-4-8(10)12-16-11(23-18-12)7-19-6-9(15)13(20)17-14(19)21;1-22-10-5-3-2-4-8(10)12-17-11(23-18-12)7-19-13(20)9(15)6-16-14(19)21/h4-8H,9H2,1-3H3;2-6H,7H2,1H3;2-6H,7H2,1H3,(H,17,20,21);2-6H,7H2,1H3,(H,16,21). The summed E-state index contributed by atoms with van der Waals surface area (Å²) in [5, 5.41) is 23.4. The van der Waals surface area contributed by atoms with E-state index in [0.29, 0.717) is 73.6 Å². The van der Waals surface area contributed by atoms with Crippen molar-refractivity contribution in [1.29, 1.82) is 0 Å². The molecule has 30 nitrogen and oxygen atoms in total. The number of aromatic nitrogens is 16. The van der Waals surface area contributed by atoms with E-state index in [-0.39, 0.29) is 71.1 Å². The molecule has 472 valence electrons. The Morgan fingerprint density at radius 2 is 1.00 bits per heavy atom. The van der Waals surface area contributed by atoms with Gasteiger partial charge in [0, 0.05) is 17.3 Å². The molecule has 0 aliphatic carbocycles. The van der Waals surface area contributed by atoms with Crippen molar-refractivity contribution in [1.82, 2.24) is 79.2 Å². The predicted molar refractivity (Wildman–Crippen MR) is 321 cm³/mol. The number of aryl methyl sites for hydroxylation is 1. The highest BCUT2D eigenvalue weighted by Crippen LogP contribution is 2.30. The summed E-state index contributed by atoms with van der Waals surface area (Å²) in [4.78, 5) is 90.7. The van der Waals surface area contributed by atoms with E-state index in [1.54, 1.807) is 88.0 Å². The molecule has 0 aliphatic rings. The zero-order valence-corrected chi connectivity index (χ0v) is 50.4. The molecule has 0 bridgehead atoms. The quantitative estimate of drug-likeness (QED) is 0.109. The van der Waals surface area contributed by atoms with Crippen LogP contribution >= 0.6 is 23.2 Å². The first-order valence-electron chi connectivity index (χ1n) is 26.6. The lowest BCUT2D eigenvalue weighted by atomic mass is 10.2. The van der Waals surface area contributed by atoms with Crippen LogP contribution in [0.3, 0.4) is 0 Å². The van der Waals surface area contributed by atoms with E-state index >= 15 is 0 Å². The summed E-state index contributed by atoms with van der Waals surface area (Å²) in [6.45, 7) is 3.23. The number of para-hydroxylation sites is 3. The maximum Gasteiger partial charge on any atom is 0.328 e. The summed E-state index contributed by atoms with van der Waals surface area (Å²) in [5.74, 6) is 2.18. The number of ether oxygens (including phenoxy) is 4. The fraction of sp³-hybridized carbons (Fsp3) is 0.172. The lowest BCUT2D eigenvalue weighted by Crippen LogP contribution is -2.36. The maximum atomic E-state index is 13.2. The minimum atomic E-state index is -1.08. The highest BCUT2D eigenvalue weighted by atomic mass is 35.5. The molecular formula is C58H48Cl2F2N16O14. The lowest BCUT2D eigenvalue weighted by Gasteiger charge is -2.03. The molecule has 34 heteroatoms. The van der Waals surface area contributed by atoms with E-state index < -0.39 is 39.7 Å². The normalized spacial score (nSPS) is 10.7. The second-order valence-corrected chi connectivity index (χ2v) is 19.5. The van der Waals surface area contributed by atoms with Gasteiger partial charge in [0.05, 0.1) is 68.7 Å². The first-order valence-corrected chi connectivity index (χ1v) is 27.4. The Labute approximate surface area is 523 Å². The average molecular weight is 1300 g/mol. The van der Waals surface area contributed by atoms with Crippen LogP contribution < -0.4 is 52.6 Å². The Balaban J connectivity index is 0.000000145. The van der Waals surface area contributed by atoms with E-state index in [9.17, 15) is 37.5 Å². The van der Waals surface area contributed by atoms with Crippen LogP contribution in [-0.4, -0.2) is 108 Å². The van der Waals surface area contributed by atoms with E-state index in [1.807, 2.05) is 48.3 Å². The van der Waals surface area contributed by atoms with Gasteiger partial charge < -0.3 is 42.0 Å². The van der Waals surface area contributed by atoms with Crippen LogP contribution in [0.1, 0.15) is 34.7 Å². The molecule has 4 aromatic carbocycles. The summed E-state index contributed by atoms with van der Waals surface area (Å²) in [6, 6.07) is 28.7. The van der Waals surface area contributed by atoms with Crippen LogP contribution in [0.2, 0.25) is 10.0 Å². The van der Waals surface area contributed by atoms with Gasteiger partial charge in [-0.05, 0) is 67.9 Å². The fourth-order valence-electron chi connectivity index (χ4n) is 8.08. The maximum absolute atomic E-state index is 13.2. The van der Waals surface area contributed by atoms with Crippen molar-refractivity contribution in [3.05, 3.63) is 241 Å². The van der Waals surface area contributed by atoms with E-state index in [1.165, 1.54) is 25.1 Å². The molecule has 8 heterocycles. The number of nitrogens with one attached hydrogen (secondary N) is 2. The smallest absolute Gasteiger partial charge is 0.328 e. The van der Waals surface area contributed by atoms with Crippen LogP contribution in [-0.2, 0) is 26.2 Å². The highest BCUT2D eigenvalue weighted by molar-refractivity contribution is 6.41. The zero-order chi connectivity index (χ0) is 65.6. The molecule has 0 aliphatic heterocycles. The average Bonchev–Trinajstić information content (AvgIpc) is 2.99. The number of nitrogens with zero attached hydrogens (tertiary/aromatic N) is 14. The number of rotatable bonds is 16. The number of methoxy groups -OCH3 is 4. The number of aromatic amines is 2. The Morgan fingerprint density at radius 3 is 1.53 bits per heavy atom. The van der Waals surface area contributed by atoms with Gasteiger partial charge in [-0.2, -0.15) is 38.9 Å². The molecule has 0 unspecified atom stereocenters. The lowest BCUT2D eigenvalue weighted by molar-refractivity contribution is 0.362. The molecular weight excluding hydrogens is 1250 g/mol. The van der Waals surface area contributed by atoms with Gasteiger partial charge in [0.25, 0.3) is 22.2 Å². The van der Waals surface area contributed by atoms with Crippen LogP contribution in [0, 0.1) is 25.5 Å². The van der Waals surface area contributed by atoms with Crippen LogP contribution in [0.5, 0.6) is 23.0 Å². The Kier molecular flexibility index (Phi) is 20.7. The SMILES string of the molecule is COc1cccc(-c2noc(Cn3ncc(C)c(C)c3=O)n2)c1.COc1ccccc1-c1noc(Cn2c(=O)[nH]cc(F)c2=O)n1.COc1ccccc1-c1noc(Cn2cc(F)c(=O)[nH]c2=O)n1.COc1ccccc1-c1noc(Cn2ncc(Cl)c(Cl)c2=O)n1. The van der Waals surface area contributed by atoms with Crippen LogP contribution in [0.4, 0.5) is 8.78 Å².